The minimum absolute atomic E-state index is 0.0160. The molecular weight excluding hydrogens is 218 g/mol. The Morgan fingerprint density at radius 2 is 2.06 bits per heavy atom. The van der Waals surface area contributed by atoms with Crippen LogP contribution in [0.25, 0.3) is 0 Å². The molecule has 0 aliphatic rings. The van der Waals surface area contributed by atoms with Gasteiger partial charge in [0.05, 0.1) is 5.92 Å². The number of methoxy groups -OCH3 is 1. The van der Waals surface area contributed by atoms with Crippen molar-refractivity contribution in [1.82, 2.24) is 10.1 Å². The van der Waals surface area contributed by atoms with Crippen LogP contribution in [0.3, 0.4) is 0 Å². The average molecular weight is 241 g/mol. The van der Waals surface area contributed by atoms with Crippen LogP contribution in [0.4, 0.5) is 0 Å². The Morgan fingerprint density at radius 1 is 1.35 bits per heavy atom. The maximum absolute atomic E-state index is 5.95. The SMILES string of the molecule is COCCCc1noc(C(C(C)C)C(C)N)n1. The van der Waals surface area contributed by atoms with E-state index in [0.29, 0.717) is 18.4 Å². The highest BCUT2D eigenvalue weighted by Crippen LogP contribution is 2.25. The minimum atomic E-state index is 0.0160. The van der Waals surface area contributed by atoms with Gasteiger partial charge >= 0.3 is 0 Å². The lowest BCUT2D eigenvalue weighted by Crippen LogP contribution is -2.28. The summed E-state index contributed by atoms with van der Waals surface area (Å²) in [4.78, 5) is 4.41. The van der Waals surface area contributed by atoms with E-state index < -0.39 is 0 Å². The van der Waals surface area contributed by atoms with Gasteiger partial charge in [-0.2, -0.15) is 4.98 Å². The number of aryl methyl sites for hydroxylation is 1. The van der Waals surface area contributed by atoms with Crippen LogP contribution in [0.1, 0.15) is 44.8 Å². The maximum Gasteiger partial charge on any atom is 0.231 e. The fourth-order valence-electron chi connectivity index (χ4n) is 2.00. The summed E-state index contributed by atoms with van der Waals surface area (Å²) >= 11 is 0. The molecule has 0 saturated heterocycles. The predicted molar refractivity (Wildman–Crippen MR) is 65.7 cm³/mol. The van der Waals surface area contributed by atoms with Gasteiger partial charge in [-0.25, -0.2) is 0 Å². The Kier molecular flexibility index (Phi) is 5.58. The second-order valence-corrected chi connectivity index (χ2v) is 4.77. The quantitative estimate of drug-likeness (QED) is 0.736. The van der Waals surface area contributed by atoms with Crippen LogP contribution in [0.2, 0.25) is 0 Å². The summed E-state index contributed by atoms with van der Waals surface area (Å²) in [5, 5.41) is 3.98. The van der Waals surface area contributed by atoms with E-state index in [0.717, 1.165) is 18.7 Å². The molecule has 1 aromatic rings. The fourth-order valence-corrected chi connectivity index (χ4v) is 2.00. The molecular formula is C12H23N3O2. The van der Waals surface area contributed by atoms with Crippen molar-refractivity contribution >= 4 is 0 Å². The van der Waals surface area contributed by atoms with Gasteiger partial charge in [-0.1, -0.05) is 19.0 Å². The van der Waals surface area contributed by atoms with Crippen molar-refractivity contribution in [2.45, 2.75) is 45.6 Å². The monoisotopic (exact) mass is 241 g/mol. The van der Waals surface area contributed by atoms with Gasteiger partial charge in [-0.15, -0.1) is 0 Å². The first-order chi connectivity index (χ1) is 8.06. The second-order valence-electron chi connectivity index (χ2n) is 4.77. The molecule has 0 aliphatic carbocycles. The van der Waals surface area contributed by atoms with Gasteiger partial charge in [0.15, 0.2) is 5.82 Å². The molecule has 0 bridgehead atoms. The Hall–Kier alpha value is -0.940. The van der Waals surface area contributed by atoms with E-state index in [1.807, 2.05) is 6.92 Å². The molecule has 5 nitrogen and oxygen atoms in total. The lowest BCUT2D eigenvalue weighted by molar-refractivity contribution is 0.194. The third-order valence-corrected chi connectivity index (χ3v) is 2.80. The molecule has 17 heavy (non-hydrogen) atoms. The molecule has 0 spiro atoms. The summed E-state index contributed by atoms with van der Waals surface area (Å²) in [5.74, 6) is 1.91. The number of rotatable bonds is 7. The predicted octanol–water partition coefficient (Wildman–Crippen LogP) is 1.74. The summed E-state index contributed by atoms with van der Waals surface area (Å²) in [7, 11) is 1.69. The van der Waals surface area contributed by atoms with Crippen LogP contribution < -0.4 is 5.73 Å². The largest absolute Gasteiger partial charge is 0.385 e. The smallest absolute Gasteiger partial charge is 0.231 e. The van der Waals surface area contributed by atoms with E-state index in [1.54, 1.807) is 7.11 Å². The number of nitrogens with two attached hydrogens (primary N) is 1. The van der Waals surface area contributed by atoms with E-state index in [1.165, 1.54) is 0 Å². The van der Waals surface area contributed by atoms with E-state index in [2.05, 4.69) is 24.0 Å². The Labute approximate surface area is 103 Å². The van der Waals surface area contributed by atoms with E-state index in [9.17, 15) is 0 Å². The summed E-state index contributed by atoms with van der Waals surface area (Å²) in [6.07, 6.45) is 1.68. The molecule has 2 unspecified atom stereocenters. The zero-order valence-corrected chi connectivity index (χ0v) is 11.1. The highest BCUT2D eigenvalue weighted by atomic mass is 16.5. The van der Waals surface area contributed by atoms with Gasteiger partial charge in [0.25, 0.3) is 0 Å². The van der Waals surface area contributed by atoms with Crippen LogP contribution in [0.5, 0.6) is 0 Å². The molecule has 1 heterocycles. The Morgan fingerprint density at radius 3 is 2.59 bits per heavy atom. The third kappa shape index (κ3) is 4.09. The minimum Gasteiger partial charge on any atom is -0.385 e. The molecule has 98 valence electrons. The maximum atomic E-state index is 5.95. The standard InChI is InChI=1S/C12H23N3O2/c1-8(2)11(9(3)13)12-14-10(15-17-12)6-5-7-16-4/h8-9,11H,5-7,13H2,1-4H3. The van der Waals surface area contributed by atoms with Crippen LogP contribution in [0.15, 0.2) is 4.52 Å². The zero-order chi connectivity index (χ0) is 12.8. The van der Waals surface area contributed by atoms with Gasteiger partial charge in [0, 0.05) is 26.2 Å². The van der Waals surface area contributed by atoms with Crippen LogP contribution in [-0.2, 0) is 11.2 Å². The average Bonchev–Trinajstić information content (AvgIpc) is 2.65. The summed E-state index contributed by atoms with van der Waals surface area (Å²) in [5.41, 5.74) is 5.95. The molecule has 5 heteroatoms. The first kappa shape index (κ1) is 14.1. The number of ether oxygens (including phenoxy) is 1. The van der Waals surface area contributed by atoms with Gasteiger partial charge in [-0.3, -0.25) is 0 Å². The van der Waals surface area contributed by atoms with Crippen molar-refractivity contribution in [2.24, 2.45) is 11.7 Å². The van der Waals surface area contributed by atoms with Gasteiger partial charge < -0.3 is 15.0 Å². The van der Waals surface area contributed by atoms with E-state index in [4.69, 9.17) is 15.0 Å². The van der Waals surface area contributed by atoms with Crippen molar-refractivity contribution in [2.75, 3.05) is 13.7 Å². The summed E-state index contributed by atoms with van der Waals surface area (Å²) in [6, 6.07) is 0.0160. The zero-order valence-electron chi connectivity index (χ0n) is 11.1. The third-order valence-electron chi connectivity index (χ3n) is 2.80. The molecule has 2 N–H and O–H groups in total. The fraction of sp³-hybridized carbons (Fsp3) is 0.833. The van der Waals surface area contributed by atoms with Crippen molar-refractivity contribution in [3.05, 3.63) is 11.7 Å². The highest BCUT2D eigenvalue weighted by molar-refractivity contribution is 4.99. The number of nitrogens with zero attached hydrogens (tertiary/aromatic N) is 2. The first-order valence-electron chi connectivity index (χ1n) is 6.13. The van der Waals surface area contributed by atoms with E-state index >= 15 is 0 Å². The normalized spacial score (nSPS) is 15.2. The van der Waals surface area contributed by atoms with Gasteiger partial charge in [0.2, 0.25) is 5.89 Å². The molecule has 0 saturated carbocycles. The Balaban J connectivity index is 2.65. The van der Waals surface area contributed by atoms with Gasteiger partial charge in [0.1, 0.15) is 0 Å². The van der Waals surface area contributed by atoms with Crippen molar-refractivity contribution in [3.8, 4) is 0 Å². The highest BCUT2D eigenvalue weighted by Gasteiger charge is 2.25. The van der Waals surface area contributed by atoms with Gasteiger partial charge in [-0.05, 0) is 19.3 Å². The number of hydrogen-bond donors (Lipinski definition) is 1. The summed E-state index contributed by atoms with van der Waals surface area (Å²) in [6.45, 7) is 6.91. The van der Waals surface area contributed by atoms with Crippen LogP contribution in [-0.4, -0.2) is 29.9 Å². The molecule has 0 radical (unpaired) electrons. The second kappa shape index (κ2) is 6.71. The lowest BCUT2D eigenvalue weighted by Gasteiger charge is -2.20. The molecule has 1 rings (SSSR count). The molecule has 0 fully saturated rings. The van der Waals surface area contributed by atoms with Crippen molar-refractivity contribution in [1.29, 1.82) is 0 Å². The molecule has 0 aromatic carbocycles. The molecule has 0 amide bonds. The topological polar surface area (TPSA) is 74.2 Å². The lowest BCUT2D eigenvalue weighted by atomic mass is 9.90. The number of hydrogen-bond acceptors (Lipinski definition) is 5. The molecule has 1 aromatic heterocycles. The van der Waals surface area contributed by atoms with Crippen molar-refractivity contribution in [3.63, 3.8) is 0 Å². The Bertz CT molecular complexity index is 315. The van der Waals surface area contributed by atoms with E-state index in [-0.39, 0.29) is 12.0 Å². The molecule has 2 atom stereocenters. The van der Waals surface area contributed by atoms with Crippen LogP contribution >= 0.6 is 0 Å². The number of aromatic nitrogens is 2. The summed E-state index contributed by atoms with van der Waals surface area (Å²) < 4.78 is 10.3. The van der Waals surface area contributed by atoms with Crippen LogP contribution in [0, 0.1) is 5.92 Å². The molecule has 0 aliphatic heterocycles. The first-order valence-corrected chi connectivity index (χ1v) is 6.13. The van der Waals surface area contributed by atoms with Crippen molar-refractivity contribution < 1.29 is 9.26 Å².